The van der Waals surface area contributed by atoms with Crippen molar-refractivity contribution in [1.29, 1.82) is 0 Å². The number of amides is 1. The third-order valence-corrected chi connectivity index (χ3v) is 4.90. The maximum Gasteiger partial charge on any atom is 0.252 e. The number of piperidine rings is 1. The van der Waals surface area contributed by atoms with Gasteiger partial charge in [-0.1, -0.05) is 24.3 Å². The van der Waals surface area contributed by atoms with E-state index in [0.29, 0.717) is 11.2 Å². The highest BCUT2D eigenvalue weighted by Crippen LogP contribution is 2.23. The molecule has 3 heterocycles. The zero-order valence-corrected chi connectivity index (χ0v) is 14.4. The van der Waals surface area contributed by atoms with Crippen LogP contribution in [0, 0.1) is 0 Å². The number of benzene rings is 1. The highest BCUT2D eigenvalue weighted by atomic mass is 16.3. The summed E-state index contributed by atoms with van der Waals surface area (Å²) < 4.78 is 1.64. The van der Waals surface area contributed by atoms with E-state index >= 15 is 0 Å². The number of nitrogens with zero attached hydrogens (tertiary/aromatic N) is 4. The lowest BCUT2D eigenvalue weighted by Gasteiger charge is -2.29. The van der Waals surface area contributed by atoms with Gasteiger partial charge in [-0.05, 0) is 30.5 Å². The summed E-state index contributed by atoms with van der Waals surface area (Å²) in [6.07, 6.45) is 2.95. The molecular weight excluding hydrogens is 330 g/mol. The largest absolute Gasteiger partial charge is 0.393 e. The fourth-order valence-electron chi connectivity index (χ4n) is 3.44. The van der Waals surface area contributed by atoms with Crippen LogP contribution in [0.4, 0.5) is 0 Å². The minimum atomic E-state index is -0.517. The molecule has 1 saturated heterocycles. The topological polar surface area (TPSA) is 96.8 Å². The number of primary amides is 1. The van der Waals surface area contributed by atoms with Crippen molar-refractivity contribution in [3.8, 4) is 11.3 Å². The van der Waals surface area contributed by atoms with Crippen LogP contribution in [0.1, 0.15) is 28.8 Å². The molecule has 1 fully saturated rings. The number of hydrogen-bond acceptors (Lipinski definition) is 5. The molecule has 0 atom stereocenters. The van der Waals surface area contributed by atoms with Crippen LogP contribution < -0.4 is 5.73 Å². The summed E-state index contributed by atoms with van der Waals surface area (Å²) in [7, 11) is 0. The van der Waals surface area contributed by atoms with E-state index in [4.69, 9.17) is 5.73 Å². The van der Waals surface area contributed by atoms with E-state index in [-0.39, 0.29) is 6.10 Å². The number of aromatic nitrogens is 3. The molecule has 0 radical (unpaired) electrons. The Morgan fingerprint density at radius 1 is 1.15 bits per heavy atom. The van der Waals surface area contributed by atoms with Gasteiger partial charge in [0.05, 0.1) is 17.4 Å². The Hall–Kier alpha value is -2.77. The molecule has 7 heteroatoms. The molecule has 4 rings (SSSR count). The van der Waals surface area contributed by atoms with E-state index in [1.54, 1.807) is 10.6 Å². The number of fused-ring (bicyclic) bond motifs is 1. The molecule has 1 aliphatic heterocycles. The van der Waals surface area contributed by atoms with Gasteiger partial charge in [0, 0.05) is 25.2 Å². The zero-order valence-electron chi connectivity index (χ0n) is 14.4. The molecule has 0 unspecified atom stereocenters. The minimum Gasteiger partial charge on any atom is -0.393 e. The van der Waals surface area contributed by atoms with Gasteiger partial charge in [0.15, 0.2) is 5.65 Å². The molecule has 1 aliphatic rings. The SMILES string of the molecule is NC(=O)c1ccc(-c2ccc(CN3CCC(O)CC3)cc2)n2ncnc12. The van der Waals surface area contributed by atoms with E-state index < -0.39 is 5.91 Å². The molecule has 26 heavy (non-hydrogen) atoms. The molecular formula is C19H21N5O2. The van der Waals surface area contributed by atoms with E-state index in [0.717, 1.165) is 43.7 Å². The Morgan fingerprint density at radius 3 is 2.58 bits per heavy atom. The number of likely N-dealkylation sites (tertiary alicyclic amines) is 1. The summed E-state index contributed by atoms with van der Waals surface area (Å²) in [5.41, 5.74) is 9.31. The van der Waals surface area contributed by atoms with E-state index in [1.807, 2.05) is 6.07 Å². The summed E-state index contributed by atoms with van der Waals surface area (Å²) in [6.45, 7) is 2.74. The number of carbonyl (C=O) groups excluding carboxylic acids is 1. The van der Waals surface area contributed by atoms with Crippen LogP contribution in [0.3, 0.4) is 0 Å². The fraction of sp³-hybridized carbons (Fsp3) is 0.316. The number of aliphatic hydroxyl groups is 1. The van der Waals surface area contributed by atoms with Gasteiger partial charge in [-0.25, -0.2) is 9.50 Å². The molecule has 2 aromatic heterocycles. The Balaban J connectivity index is 1.57. The second kappa shape index (κ2) is 6.86. The van der Waals surface area contributed by atoms with Crippen molar-refractivity contribution in [3.05, 3.63) is 53.9 Å². The van der Waals surface area contributed by atoms with Crippen molar-refractivity contribution >= 4 is 11.6 Å². The molecule has 134 valence electrons. The normalized spacial score (nSPS) is 16.2. The predicted octanol–water partition coefficient (Wildman–Crippen LogP) is 1.45. The summed E-state index contributed by atoms with van der Waals surface area (Å²) in [5, 5.41) is 13.8. The van der Waals surface area contributed by atoms with Crippen LogP contribution in [0.2, 0.25) is 0 Å². The monoisotopic (exact) mass is 351 g/mol. The highest BCUT2D eigenvalue weighted by Gasteiger charge is 2.17. The molecule has 3 N–H and O–H groups in total. The molecule has 7 nitrogen and oxygen atoms in total. The molecule has 1 aromatic carbocycles. The van der Waals surface area contributed by atoms with Crippen LogP contribution in [0.25, 0.3) is 16.9 Å². The van der Waals surface area contributed by atoms with Crippen molar-refractivity contribution in [2.45, 2.75) is 25.5 Å². The Labute approximate surface area is 151 Å². The second-order valence-corrected chi connectivity index (χ2v) is 6.70. The smallest absolute Gasteiger partial charge is 0.252 e. The third kappa shape index (κ3) is 3.18. The summed E-state index contributed by atoms with van der Waals surface area (Å²) in [5.74, 6) is -0.517. The zero-order chi connectivity index (χ0) is 18.1. The van der Waals surface area contributed by atoms with Gasteiger partial charge in [0.1, 0.15) is 6.33 Å². The summed E-state index contributed by atoms with van der Waals surface area (Å²) in [4.78, 5) is 18.0. The van der Waals surface area contributed by atoms with Crippen LogP contribution >= 0.6 is 0 Å². The van der Waals surface area contributed by atoms with Gasteiger partial charge in [-0.3, -0.25) is 9.69 Å². The Kier molecular flexibility index (Phi) is 4.40. The number of carbonyl (C=O) groups is 1. The lowest BCUT2D eigenvalue weighted by Crippen LogP contribution is -2.35. The van der Waals surface area contributed by atoms with Crippen molar-refractivity contribution in [2.24, 2.45) is 5.73 Å². The van der Waals surface area contributed by atoms with Crippen LogP contribution in [-0.4, -0.2) is 49.7 Å². The first-order valence-electron chi connectivity index (χ1n) is 8.74. The molecule has 0 saturated carbocycles. The van der Waals surface area contributed by atoms with E-state index in [2.05, 4.69) is 39.2 Å². The van der Waals surface area contributed by atoms with Crippen molar-refractivity contribution in [1.82, 2.24) is 19.5 Å². The molecule has 0 aliphatic carbocycles. The lowest BCUT2D eigenvalue weighted by atomic mass is 10.0. The highest BCUT2D eigenvalue weighted by molar-refractivity contribution is 5.99. The van der Waals surface area contributed by atoms with Gasteiger partial charge in [0.2, 0.25) is 0 Å². The van der Waals surface area contributed by atoms with Gasteiger partial charge < -0.3 is 10.8 Å². The van der Waals surface area contributed by atoms with E-state index in [1.165, 1.54) is 11.9 Å². The Morgan fingerprint density at radius 2 is 1.88 bits per heavy atom. The number of hydrogen-bond donors (Lipinski definition) is 2. The summed E-state index contributed by atoms with van der Waals surface area (Å²) >= 11 is 0. The predicted molar refractivity (Wildman–Crippen MR) is 97.5 cm³/mol. The lowest BCUT2D eigenvalue weighted by molar-refractivity contribution is 0.0792. The molecule has 0 bridgehead atoms. The number of rotatable bonds is 4. The van der Waals surface area contributed by atoms with Gasteiger partial charge in [-0.2, -0.15) is 5.10 Å². The number of aliphatic hydroxyl groups excluding tert-OH is 1. The Bertz CT molecular complexity index is 927. The quantitative estimate of drug-likeness (QED) is 0.742. The van der Waals surface area contributed by atoms with Crippen LogP contribution in [-0.2, 0) is 6.54 Å². The van der Waals surface area contributed by atoms with Crippen molar-refractivity contribution < 1.29 is 9.90 Å². The first-order valence-corrected chi connectivity index (χ1v) is 8.74. The standard InChI is InChI=1S/C19H21N5O2/c20-18(26)16-5-6-17(24-19(16)21-12-22-24)14-3-1-13(2-4-14)11-23-9-7-15(25)8-10-23/h1-6,12,15,25H,7-11H2,(H2,20,26). The third-order valence-electron chi connectivity index (χ3n) is 4.90. The fourth-order valence-corrected chi connectivity index (χ4v) is 3.44. The number of pyridine rings is 1. The van der Waals surface area contributed by atoms with Crippen LogP contribution in [0.15, 0.2) is 42.7 Å². The minimum absolute atomic E-state index is 0.151. The van der Waals surface area contributed by atoms with Crippen LogP contribution in [0.5, 0.6) is 0 Å². The molecule has 3 aromatic rings. The first kappa shape index (κ1) is 16.7. The number of nitrogens with two attached hydrogens (primary N) is 1. The van der Waals surface area contributed by atoms with E-state index in [9.17, 15) is 9.90 Å². The second-order valence-electron chi connectivity index (χ2n) is 6.70. The average molecular weight is 351 g/mol. The summed E-state index contributed by atoms with van der Waals surface area (Å²) in [6, 6.07) is 11.8. The van der Waals surface area contributed by atoms with Gasteiger partial charge in [0.25, 0.3) is 5.91 Å². The van der Waals surface area contributed by atoms with Crippen molar-refractivity contribution in [2.75, 3.05) is 13.1 Å². The molecule has 0 spiro atoms. The van der Waals surface area contributed by atoms with Gasteiger partial charge in [-0.15, -0.1) is 0 Å². The maximum atomic E-state index is 11.5. The average Bonchev–Trinajstić information content (AvgIpc) is 3.13. The van der Waals surface area contributed by atoms with Crippen molar-refractivity contribution in [3.63, 3.8) is 0 Å². The van der Waals surface area contributed by atoms with Gasteiger partial charge >= 0.3 is 0 Å². The maximum absolute atomic E-state index is 11.5. The first-order chi connectivity index (χ1) is 12.6. The molecule has 1 amide bonds.